The van der Waals surface area contributed by atoms with E-state index < -0.39 is 0 Å². The van der Waals surface area contributed by atoms with Gasteiger partial charge in [-0.2, -0.15) is 0 Å². The van der Waals surface area contributed by atoms with Crippen LogP contribution in [0.25, 0.3) is 0 Å². The third-order valence-electron chi connectivity index (χ3n) is 3.28. The minimum absolute atomic E-state index is 0.116. The number of anilines is 1. The quantitative estimate of drug-likeness (QED) is 0.827. The molecule has 1 atom stereocenters. The normalized spacial score (nSPS) is 17.4. The predicted octanol–water partition coefficient (Wildman–Crippen LogP) is 1.78. The minimum Gasteiger partial charge on any atom is -0.309 e. The molecule has 1 aliphatic rings. The summed E-state index contributed by atoms with van der Waals surface area (Å²) in [5, 5.41) is 6.27. The summed E-state index contributed by atoms with van der Waals surface area (Å²) < 4.78 is 0. The number of amides is 1. The summed E-state index contributed by atoms with van der Waals surface area (Å²) in [5.41, 5.74) is 2.44. The SMILES string of the molecule is O=C(Nc1cc(Cl)ncn1)[C@@H]1Cc2ccccc2CN1. The molecule has 0 saturated heterocycles. The lowest BCUT2D eigenvalue weighted by atomic mass is 9.95. The lowest BCUT2D eigenvalue weighted by molar-refractivity contribution is -0.118. The molecule has 0 spiro atoms. The van der Waals surface area contributed by atoms with E-state index in [4.69, 9.17) is 11.6 Å². The Hall–Kier alpha value is -1.98. The molecule has 0 radical (unpaired) electrons. The minimum atomic E-state index is -0.265. The number of fused-ring (bicyclic) bond motifs is 1. The van der Waals surface area contributed by atoms with Crippen LogP contribution in [-0.2, 0) is 17.8 Å². The lowest BCUT2D eigenvalue weighted by Gasteiger charge is -2.25. The average Bonchev–Trinajstić information content (AvgIpc) is 2.47. The van der Waals surface area contributed by atoms with Gasteiger partial charge in [0.05, 0.1) is 6.04 Å². The van der Waals surface area contributed by atoms with Gasteiger partial charge in [0.2, 0.25) is 5.91 Å². The van der Waals surface area contributed by atoms with Gasteiger partial charge in [0.1, 0.15) is 17.3 Å². The topological polar surface area (TPSA) is 66.9 Å². The molecular formula is C14H13ClN4O. The van der Waals surface area contributed by atoms with Crippen molar-refractivity contribution in [1.82, 2.24) is 15.3 Å². The van der Waals surface area contributed by atoms with Gasteiger partial charge in [-0.25, -0.2) is 9.97 Å². The smallest absolute Gasteiger partial charge is 0.243 e. The standard InChI is InChI=1S/C14H13ClN4O/c15-12-6-13(18-8-17-12)19-14(20)11-5-9-3-1-2-4-10(9)7-16-11/h1-4,6,8,11,16H,5,7H2,(H,17,18,19,20)/t11-/m0/s1. The van der Waals surface area contributed by atoms with Gasteiger partial charge in [0, 0.05) is 12.6 Å². The number of rotatable bonds is 2. The van der Waals surface area contributed by atoms with Gasteiger partial charge in [-0.1, -0.05) is 35.9 Å². The van der Waals surface area contributed by atoms with Crippen molar-refractivity contribution in [2.75, 3.05) is 5.32 Å². The first-order valence-corrected chi connectivity index (χ1v) is 6.69. The van der Waals surface area contributed by atoms with Gasteiger partial charge in [-0.15, -0.1) is 0 Å². The first-order chi connectivity index (χ1) is 9.72. The Balaban J connectivity index is 1.70. The van der Waals surface area contributed by atoms with Gasteiger partial charge in [0.15, 0.2) is 0 Å². The van der Waals surface area contributed by atoms with Crippen LogP contribution >= 0.6 is 11.6 Å². The van der Waals surface area contributed by atoms with Gasteiger partial charge >= 0.3 is 0 Å². The van der Waals surface area contributed by atoms with Crippen molar-refractivity contribution in [2.45, 2.75) is 19.0 Å². The van der Waals surface area contributed by atoms with Crippen LogP contribution in [0.2, 0.25) is 5.15 Å². The summed E-state index contributed by atoms with van der Waals surface area (Å²) in [5.74, 6) is 0.296. The third-order valence-corrected chi connectivity index (χ3v) is 3.49. The molecule has 1 amide bonds. The number of hydrogen-bond acceptors (Lipinski definition) is 4. The largest absolute Gasteiger partial charge is 0.309 e. The average molecular weight is 289 g/mol. The van der Waals surface area contributed by atoms with Gasteiger partial charge in [-0.3, -0.25) is 4.79 Å². The van der Waals surface area contributed by atoms with E-state index in [1.165, 1.54) is 23.5 Å². The van der Waals surface area contributed by atoms with E-state index in [9.17, 15) is 4.79 Å². The Morgan fingerprint density at radius 1 is 1.30 bits per heavy atom. The molecule has 2 heterocycles. The van der Waals surface area contributed by atoms with Gasteiger partial charge < -0.3 is 10.6 Å². The maximum atomic E-state index is 12.2. The van der Waals surface area contributed by atoms with Crippen LogP contribution in [0.4, 0.5) is 5.82 Å². The molecule has 102 valence electrons. The number of nitrogens with one attached hydrogen (secondary N) is 2. The fourth-order valence-corrected chi connectivity index (χ4v) is 2.40. The second kappa shape index (κ2) is 5.56. The monoisotopic (exact) mass is 288 g/mol. The Kier molecular flexibility index (Phi) is 3.62. The van der Waals surface area contributed by atoms with E-state index in [2.05, 4.69) is 32.7 Å². The number of carbonyl (C=O) groups excluding carboxylic acids is 1. The van der Waals surface area contributed by atoms with Crippen LogP contribution in [0, 0.1) is 0 Å². The molecule has 1 aliphatic heterocycles. The van der Waals surface area contributed by atoms with Crippen molar-refractivity contribution in [3.8, 4) is 0 Å². The third kappa shape index (κ3) is 2.79. The summed E-state index contributed by atoms with van der Waals surface area (Å²) in [6, 6.07) is 9.38. The molecule has 0 aliphatic carbocycles. The van der Waals surface area contributed by atoms with E-state index in [1.807, 2.05) is 12.1 Å². The van der Waals surface area contributed by atoms with Crippen molar-refractivity contribution < 1.29 is 4.79 Å². The zero-order chi connectivity index (χ0) is 13.9. The molecule has 0 bridgehead atoms. The number of aromatic nitrogens is 2. The fourth-order valence-electron chi connectivity index (χ4n) is 2.25. The molecule has 0 saturated carbocycles. The second-order valence-corrected chi connectivity index (χ2v) is 5.01. The number of halogens is 1. The molecule has 5 nitrogen and oxygen atoms in total. The van der Waals surface area contributed by atoms with Gasteiger partial charge in [-0.05, 0) is 17.5 Å². The van der Waals surface area contributed by atoms with Crippen molar-refractivity contribution in [2.24, 2.45) is 0 Å². The van der Waals surface area contributed by atoms with Crippen molar-refractivity contribution in [3.05, 3.63) is 52.9 Å². The summed E-state index contributed by atoms with van der Waals surface area (Å²) in [4.78, 5) is 20.0. The Labute approximate surface area is 121 Å². The van der Waals surface area contributed by atoms with E-state index in [0.29, 0.717) is 23.9 Å². The molecular weight excluding hydrogens is 276 g/mol. The summed E-state index contributed by atoms with van der Waals surface area (Å²) in [7, 11) is 0. The molecule has 0 unspecified atom stereocenters. The Morgan fingerprint density at radius 2 is 2.10 bits per heavy atom. The zero-order valence-corrected chi connectivity index (χ0v) is 11.4. The van der Waals surface area contributed by atoms with E-state index in [1.54, 1.807) is 0 Å². The van der Waals surface area contributed by atoms with Crippen LogP contribution in [0.5, 0.6) is 0 Å². The molecule has 6 heteroatoms. The van der Waals surface area contributed by atoms with Crippen LogP contribution in [0.15, 0.2) is 36.7 Å². The van der Waals surface area contributed by atoms with Crippen LogP contribution in [0.1, 0.15) is 11.1 Å². The van der Waals surface area contributed by atoms with Crippen LogP contribution < -0.4 is 10.6 Å². The molecule has 2 N–H and O–H groups in total. The summed E-state index contributed by atoms with van der Waals surface area (Å²) in [6.07, 6.45) is 1.99. The van der Waals surface area contributed by atoms with Crippen LogP contribution in [-0.4, -0.2) is 21.9 Å². The number of hydrogen-bond donors (Lipinski definition) is 2. The molecule has 2 aromatic rings. The number of carbonyl (C=O) groups is 1. The molecule has 1 aromatic heterocycles. The van der Waals surface area contributed by atoms with Crippen molar-refractivity contribution >= 4 is 23.3 Å². The lowest BCUT2D eigenvalue weighted by Crippen LogP contribution is -2.44. The predicted molar refractivity (Wildman–Crippen MR) is 76.4 cm³/mol. The van der Waals surface area contributed by atoms with E-state index >= 15 is 0 Å². The Bertz CT molecular complexity index is 647. The highest BCUT2D eigenvalue weighted by Gasteiger charge is 2.24. The number of nitrogens with zero attached hydrogens (tertiary/aromatic N) is 2. The maximum Gasteiger partial charge on any atom is 0.243 e. The van der Waals surface area contributed by atoms with Crippen molar-refractivity contribution in [3.63, 3.8) is 0 Å². The molecule has 1 aromatic carbocycles. The molecule has 0 fully saturated rings. The van der Waals surface area contributed by atoms with E-state index in [-0.39, 0.29) is 11.9 Å². The summed E-state index contributed by atoms with van der Waals surface area (Å²) >= 11 is 5.76. The highest BCUT2D eigenvalue weighted by atomic mass is 35.5. The second-order valence-electron chi connectivity index (χ2n) is 4.62. The molecule has 3 rings (SSSR count). The maximum absolute atomic E-state index is 12.2. The van der Waals surface area contributed by atoms with Crippen LogP contribution in [0.3, 0.4) is 0 Å². The fraction of sp³-hybridized carbons (Fsp3) is 0.214. The highest BCUT2D eigenvalue weighted by Crippen LogP contribution is 2.17. The highest BCUT2D eigenvalue weighted by molar-refractivity contribution is 6.29. The molecule has 20 heavy (non-hydrogen) atoms. The first-order valence-electron chi connectivity index (χ1n) is 6.31. The zero-order valence-electron chi connectivity index (χ0n) is 10.6. The van der Waals surface area contributed by atoms with Crippen molar-refractivity contribution in [1.29, 1.82) is 0 Å². The summed E-state index contributed by atoms with van der Waals surface area (Å²) in [6.45, 7) is 0.693. The number of benzene rings is 1. The first kappa shape index (κ1) is 13.0. The van der Waals surface area contributed by atoms with Gasteiger partial charge in [0.25, 0.3) is 0 Å². The van der Waals surface area contributed by atoms with E-state index in [0.717, 1.165) is 0 Å². The Morgan fingerprint density at radius 3 is 2.90 bits per heavy atom.